The van der Waals surface area contributed by atoms with Crippen LogP contribution < -0.4 is 4.90 Å². The Hall–Kier alpha value is -1.80. The molecule has 1 atom stereocenters. The van der Waals surface area contributed by atoms with Crippen molar-refractivity contribution in [3.63, 3.8) is 0 Å². The zero-order valence-electron chi connectivity index (χ0n) is 11.7. The Morgan fingerprint density at radius 2 is 1.85 bits per heavy atom. The molecular weight excluding hydrogens is 270 g/mol. The molecular formula is C17H18ClNO. The molecule has 0 radical (unpaired) electrons. The van der Waals surface area contributed by atoms with Gasteiger partial charge in [0.05, 0.1) is 0 Å². The van der Waals surface area contributed by atoms with Gasteiger partial charge in [0.2, 0.25) is 0 Å². The van der Waals surface area contributed by atoms with E-state index >= 15 is 0 Å². The van der Waals surface area contributed by atoms with Gasteiger partial charge in [-0.1, -0.05) is 48.0 Å². The van der Waals surface area contributed by atoms with Crippen molar-refractivity contribution in [1.29, 1.82) is 0 Å². The molecule has 0 N–H and O–H groups in total. The molecule has 2 aromatic rings. The number of rotatable bonds is 5. The van der Waals surface area contributed by atoms with E-state index in [-0.39, 0.29) is 5.92 Å². The van der Waals surface area contributed by atoms with Gasteiger partial charge in [0.15, 0.2) is 0 Å². The van der Waals surface area contributed by atoms with E-state index < -0.39 is 0 Å². The number of anilines is 1. The second-order valence-electron chi connectivity index (χ2n) is 4.97. The van der Waals surface area contributed by atoms with Gasteiger partial charge in [-0.15, -0.1) is 0 Å². The van der Waals surface area contributed by atoms with Gasteiger partial charge in [-0.25, -0.2) is 0 Å². The summed E-state index contributed by atoms with van der Waals surface area (Å²) in [4.78, 5) is 13.0. The van der Waals surface area contributed by atoms with Crippen molar-refractivity contribution in [3.8, 4) is 0 Å². The van der Waals surface area contributed by atoms with E-state index in [4.69, 9.17) is 11.6 Å². The summed E-state index contributed by atoms with van der Waals surface area (Å²) in [6.45, 7) is 0. The van der Waals surface area contributed by atoms with Gasteiger partial charge in [-0.2, -0.15) is 0 Å². The zero-order chi connectivity index (χ0) is 14.5. The maximum absolute atomic E-state index is 11.0. The van der Waals surface area contributed by atoms with Gasteiger partial charge < -0.3 is 9.69 Å². The largest absolute Gasteiger partial charge is 0.378 e. The topological polar surface area (TPSA) is 20.3 Å². The Labute approximate surface area is 125 Å². The third kappa shape index (κ3) is 3.20. The highest BCUT2D eigenvalue weighted by atomic mass is 35.5. The van der Waals surface area contributed by atoms with Gasteiger partial charge in [-0.3, -0.25) is 0 Å². The average molecular weight is 288 g/mol. The number of halogens is 1. The lowest BCUT2D eigenvalue weighted by Gasteiger charge is -2.19. The molecule has 0 heterocycles. The van der Waals surface area contributed by atoms with Crippen molar-refractivity contribution in [2.75, 3.05) is 19.0 Å². The Bertz CT molecular complexity index is 581. The van der Waals surface area contributed by atoms with Crippen LogP contribution in [0.25, 0.3) is 0 Å². The summed E-state index contributed by atoms with van der Waals surface area (Å²) in [5.74, 6) is 0.0115. The molecule has 0 saturated heterocycles. The maximum Gasteiger partial charge on any atom is 0.120 e. The van der Waals surface area contributed by atoms with Crippen molar-refractivity contribution < 1.29 is 4.79 Å². The van der Waals surface area contributed by atoms with E-state index in [1.807, 2.05) is 67.5 Å². The first-order chi connectivity index (χ1) is 9.63. The van der Waals surface area contributed by atoms with Crippen LogP contribution in [0.1, 0.15) is 23.5 Å². The molecule has 0 saturated carbocycles. The molecule has 0 amide bonds. The molecule has 104 valence electrons. The molecule has 0 aliphatic rings. The molecule has 0 aliphatic heterocycles. The Balaban J connectivity index is 2.42. The van der Waals surface area contributed by atoms with E-state index in [1.165, 1.54) is 0 Å². The van der Waals surface area contributed by atoms with Gasteiger partial charge in [0.25, 0.3) is 0 Å². The van der Waals surface area contributed by atoms with E-state index in [2.05, 4.69) is 0 Å². The van der Waals surface area contributed by atoms with Crippen LogP contribution in [0.4, 0.5) is 5.69 Å². The number of benzene rings is 2. The molecule has 0 fully saturated rings. The quantitative estimate of drug-likeness (QED) is 0.771. The fraction of sp³-hybridized carbons (Fsp3) is 0.235. The summed E-state index contributed by atoms with van der Waals surface area (Å²) in [6.07, 6.45) is 1.39. The van der Waals surface area contributed by atoms with E-state index in [9.17, 15) is 4.79 Å². The lowest BCUT2D eigenvalue weighted by atomic mass is 9.89. The van der Waals surface area contributed by atoms with Crippen molar-refractivity contribution in [3.05, 3.63) is 64.7 Å². The minimum Gasteiger partial charge on any atom is -0.378 e. The number of nitrogens with zero attached hydrogens (tertiary/aromatic N) is 1. The molecule has 0 aromatic heterocycles. The fourth-order valence-corrected chi connectivity index (χ4v) is 2.61. The van der Waals surface area contributed by atoms with Crippen LogP contribution in [-0.4, -0.2) is 20.4 Å². The summed E-state index contributed by atoms with van der Waals surface area (Å²) in [5.41, 5.74) is 3.16. The molecule has 2 aromatic carbocycles. The second-order valence-corrected chi connectivity index (χ2v) is 5.37. The normalized spacial score (nSPS) is 11.9. The van der Waals surface area contributed by atoms with Crippen LogP contribution in [-0.2, 0) is 4.79 Å². The Kier molecular flexibility index (Phi) is 4.80. The number of carbonyl (C=O) groups is 1. The Morgan fingerprint density at radius 1 is 1.15 bits per heavy atom. The average Bonchev–Trinajstić information content (AvgIpc) is 2.46. The molecule has 0 aliphatic carbocycles. The van der Waals surface area contributed by atoms with Gasteiger partial charge >= 0.3 is 0 Å². The van der Waals surface area contributed by atoms with Crippen molar-refractivity contribution in [2.24, 2.45) is 0 Å². The molecule has 2 nitrogen and oxygen atoms in total. The zero-order valence-corrected chi connectivity index (χ0v) is 12.5. The molecule has 0 bridgehead atoms. The maximum atomic E-state index is 11.0. The van der Waals surface area contributed by atoms with Crippen LogP contribution >= 0.6 is 11.6 Å². The summed E-state index contributed by atoms with van der Waals surface area (Å²) >= 11 is 6.41. The van der Waals surface area contributed by atoms with Crippen LogP contribution in [0.15, 0.2) is 48.5 Å². The molecule has 20 heavy (non-hydrogen) atoms. The minimum atomic E-state index is 0.0115. The third-order valence-corrected chi connectivity index (χ3v) is 3.74. The van der Waals surface area contributed by atoms with Crippen LogP contribution in [0.3, 0.4) is 0 Å². The monoisotopic (exact) mass is 287 g/mol. The molecule has 0 unspecified atom stereocenters. The number of hydrogen-bond acceptors (Lipinski definition) is 2. The standard InChI is InChI=1S/C17H18ClNO/c1-19(2)14-8-9-16(17(18)12-14)15(10-11-20)13-6-4-3-5-7-13/h3-9,11-12,15H,10H2,1-2H3/t15-/m0/s1. The number of aldehydes is 1. The lowest BCUT2D eigenvalue weighted by Crippen LogP contribution is -2.09. The first-order valence-corrected chi connectivity index (χ1v) is 6.96. The molecule has 3 heteroatoms. The smallest absolute Gasteiger partial charge is 0.120 e. The summed E-state index contributed by atoms with van der Waals surface area (Å²) in [6, 6.07) is 16.0. The highest BCUT2D eigenvalue weighted by Gasteiger charge is 2.17. The van der Waals surface area contributed by atoms with Crippen LogP contribution in [0.5, 0.6) is 0 Å². The Morgan fingerprint density at radius 3 is 2.40 bits per heavy atom. The predicted molar refractivity (Wildman–Crippen MR) is 84.7 cm³/mol. The lowest BCUT2D eigenvalue weighted by molar-refractivity contribution is -0.108. The third-order valence-electron chi connectivity index (χ3n) is 3.41. The highest BCUT2D eigenvalue weighted by Crippen LogP contribution is 2.34. The van der Waals surface area contributed by atoms with Gasteiger partial charge in [0, 0.05) is 37.1 Å². The first kappa shape index (κ1) is 14.6. The second kappa shape index (κ2) is 6.58. The minimum absolute atomic E-state index is 0.0115. The van der Waals surface area contributed by atoms with Gasteiger partial charge in [0.1, 0.15) is 6.29 Å². The predicted octanol–water partition coefficient (Wildman–Crippen LogP) is 4.13. The number of hydrogen-bond donors (Lipinski definition) is 0. The summed E-state index contributed by atoms with van der Waals surface area (Å²) in [7, 11) is 3.96. The van der Waals surface area contributed by atoms with E-state index in [0.29, 0.717) is 11.4 Å². The van der Waals surface area contributed by atoms with Crippen LogP contribution in [0, 0.1) is 0 Å². The molecule has 2 rings (SSSR count). The fourth-order valence-electron chi connectivity index (χ4n) is 2.30. The van der Waals surface area contributed by atoms with Crippen LogP contribution in [0.2, 0.25) is 5.02 Å². The van der Waals surface area contributed by atoms with Crippen molar-refractivity contribution >= 4 is 23.6 Å². The molecule has 0 spiro atoms. The first-order valence-electron chi connectivity index (χ1n) is 6.59. The highest BCUT2D eigenvalue weighted by molar-refractivity contribution is 6.31. The van der Waals surface area contributed by atoms with E-state index in [1.54, 1.807) is 0 Å². The SMILES string of the molecule is CN(C)c1ccc([C@@H](CC=O)c2ccccc2)c(Cl)c1. The van der Waals surface area contributed by atoms with E-state index in [0.717, 1.165) is 23.1 Å². The summed E-state index contributed by atoms with van der Waals surface area (Å²) < 4.78 is 0. The van der Waals surface area contributed by atoms with Crippen molar-refractivity contribution in [1.82, 2.24) is 0 Å². The number of carbonyl (C=O) groups excluding carboxylic acids is 1. The van der Waals surface area contributed by atoms with Gasteiger partial charge in [-0.05, 0) is 23.3 Å². The van der Waals surface area contributed by atoms with Crippen molar-refractivity contribution in [2.45, 2.75) is 12.3 Å². The summed E-state index contributed by atoms with van der Waals surface area (Å²) in [5, 5.41) is 0.701.